The first-order valence-corrected chi connectivity index (χ1v) is 5.18. The first-order valence-electron chi connectivity index (χ1n) is 5.18. The third-order valence-corrected chi connectivity index (χ3v) is 2.61. The topological polar surface area (TPSA) is 72.9 Å². The number of nitrogens with zero attached hydrogens (tertiary/aromatic N) is 2. The Kier molecular flexibility index (Phi) is 2.73. The van der Waals surface area contributed by atoms with Gasteiger partial charge in [-0.1, -0.05) is 0 Å². The van der Waals surface area contributed by atoms with Gasteiger partial charge in [-0.15, -0.1) is 0 Å². The fourth-order valence-corrected chi connectivity index (χ4v) is 1.62. The van der Waals surface area contributed by atoms with Gasteiger partial charge in [-0.25, -0.2) is 4.98 Å². The van der Waals surface area contributed by atoms with E-state index in [1.54, 1.807) is 12.5 Å². The lowest BCUT2D eigenvalue weighted by molar-refractivity contribution is -0.123. The molecule has 0 bridgehead atoms. The number of hydrogen-bond donors (Lipinski definition) is 2. The number of carbonyl (C=O) groups excluding carboxylic acids is 1. The molecule has 5 heteroatoms. The summed E-state index contributed by atoms with van der Waals surface area (Å²) in [6, 6.07) is 0.185. The monoisotopic (exact) mass is 208 g/mol. The van der Waals surface area contributed by atoms with Gasteiger partial charge in [0.1, 0.15) is 0 Å². The molecule has 1 aromatic heterocycles. The molecule has 2 rings (SSSR count). The Morgan fingerprint density at radius 3 is 3.07 bits per heavy atom. The van der Waals surface area contributed by atoms with Crippen LogP contribution in [0, 0.1) is 5.92 Å². The highest BCUT2D eigenvalue weighted by Crippen LogP contribution is 2.27. The van der Waals surface area contributed by atoms with Crippen molar-refractivity contribution in [3.8, 4) is 0 Å². The van der Waals surface area contributed by atoms with Crippen LogP contribution in [0.25, 0.3) is 0 Å². The van der Waals surface area contributed by atoms with Gasteiger partial charge in [0.15, 0.2) is 0 Å². The zero-order chi connectivity index (χ0) is 10.8. The number of amides is 1. The van der Waals surface area contributed by atoms with Crippen LogP contribution in [-0.2, 0) is 11.3 Å². The first-order chi connectivity index (χ1) is 7.16. The van der Waals surface area contributed by atoms with Crippen LogP contribution in [0.1, 0.15) is 13.3 Å². The fourth-order valence-electron chi connectivity index (χ4n) is 1.62. The summed E-state index contributed by atoms with van der Waals surface area (Å²) >= 11 is 0. The molecule has 0 aliphatic heterocycles. The smallest absolute Gasteiger partial charge is 0.225 e. The van der Waals surface area contributed by atoms with Gasteiger partial charge in [0, 0.05) is 31.0 Å². The lowest BCUT2D eigenvalue weighted by Crippen LogP contribution is -2.37. The summed E-state index contributed by atoms with van der Waals surface area (Å²) in [5, 5.41) is 2.94. The Morgan fingerprint density at radius 1 is 1.80 bits per heavy atom. The quantitative estimate of drug-likeness (QED) is 0.715. The molecular weight excluding hydrogens is 192 g/mol. The van der Waals surface area contributed by atoms with E-state index in [9.17, 15) is 4.79 Å². The minimum Gasteiger partial charge on any atom is -0.352 e. The van der Waals surface area contributed by atoms with Crippen molar-refractivity contribution >= 4 is 5.91 Å². The van der Waals surface area contributed by atoms with Crippen molar-refractivity contribution in [2.75, 3.05) is 0 Å². The van der Waals surface area contributed by atoms with E-state index in [-0.39, 0.29) is 23.9 Å². The van der Waals surface area contributed by atoms with E-state index in [2.05, 4.69) is 10.3 Å². The predicted molar refractivity (Wildman–Crippen MR) is 55.9 cm³/mol. The van der Waals surface area contributed by atoms with Crippen LogP contribution in [0.15, 0.2) is 18.7 Å². The fraction of sp³-hybridized carbons (Fsp3) is 0.600. The summed E-state index contributed by atoms with van der Waals surface area (Å²) in [7, 11) is 0. The molecule has 0 spiro atoms. The van der Waals surface area contributed by atoms with Crippen LogP contribution in [0.4, 0.5) is 0 Å². The number of rotatable bonds is 4. The Bertz CT molecular complexity index is 335. The molecule has 82 valence electrons. The second kappa shape index (κ2) is 4.02. The number of nitrogens with two attached hydrogens (primary N) is 1. The molecule has 3 unspecified atom stereocenters. The Morgan fingerprint density at radius 2 is 2.53 bits per heavy atom. The highest BCUT2D eigenvalue weighted by Gasteiger charge is 2.40. The average molecular weight is 208 g/mol. The molecule has 3 atom stereocenters. The van der Waals surface area contributed by atoms with E-state index < -0.39 is 0 Å². The van der Waals surface area contributed by atoms with Crippen LogP contribution in [0.3, 0.4) is 0 Å². The van der Waals surface area contributed by atoms with Gasteiger partial charge in [-0.3, -0.25) is 4.79 Å². The second-order valence-corrected chi connectivity index (χ2v) is 4.18. The zero-order valence-electron chi connectivity index (χ0n) is 8.76. The van der Waals surface area contributed by atoms with Crippen molar-refractivity contribution in [1.29, 1.82) is 0 Å². The van der Waals surface area contributed by atoms with Gasteiger partial charge in [-0.05, 0) is 13.3 Å². The lowest BCUT2D eigenvalue weighted by atomic mass is 10.3. The zero-order valence-corrected chi connectivity index (χ0v) is 8.76. The van der Waals surface area contributed by atoms with Crippen molar-refractivity contribution in [1.82, 2.24) is 14.9 Å². The van der Waals surface area contributed by atoms with Crippen LogP contribution >= 0.6 is 0 Å². The molecule has 3 N–H and O–H groups in total. The number of carbonyl (C=O) groups is 1. The van der Waals surface area contributed by atoms with E-state index in [1.807, 2.05) is 17.7 Å². The molecule has 0 aromatic carbocycles. The maximum Gasteiger partial charge on any atom is 0.225 e. The normalized spacial score (nSPS) is 26.0. The molecule has 1 aliphatic rings. The molecule has 1 fully saturated rings. The molecule has 1 aromatic rings. The van der Waals surface area contributed by atoms with Crippen LogP contribution < -0.4 is 11.1 Å². The van der Waals surface area contributed by atoms with E-state index in [0.29, 0.717) is 0 Å². The predicted octanol–water partition coefficient (Wildman–Crippen LogP) is -0.265. The molecule has 1 heterocycles. The number of nitrogens with one attached hydrogen (secondary N) is 1. The minimum atomic E-state index is 0.0373. The van der Waals surface area contributed by atoms with Crippen LogP contribution in [0.2, 0.25) is 0 Å². The van der Waals surface area contributed by atoms with Crippen molar-refractivity contribution in [3.05, 3.63) is 18.7 Å². The summed E-state index contributed by atoms with van der Waals surface area (Å²) in [6.07, 6.45) is 6.17. The van der Waals surface area contributed by atoms with Gasteiger partial charge in [0.25, 0.3) is 0 Å². The van der Waals surface area contributed by atoms with Gasteiger partial charge in [-0.2, -0.15) is 0 Å². The van der Waals surface area contributed by atoms with Gasteiger partial charge in [0.2, 0.25) is 5.91 Å². The molecule has 15 heavy (non-hydrogen) atoms. The van der Waals surface area contributed by atoms with Gasteiger partial charge < -0.3 is 15.6 Å². The van der Waals surface area contributed by atoms with Crippen LogP contribution in [-0.4, -0.2) is 27.5 Å². The average Bonchev–Trinajstić information content (AvgIpc) is 2.70. The van der Waals surface area contributed by atoms with E-state index >= 15 is 0 Å². The molecule has 1 amide bonds. The molecule has 0 radical (unpaired) electrons. The Labute approximate surface area is 88.7 Å². The largest absolute Gasteiger partial charge is 0.352 e. The maximum atomic E-state index is 11.5. The number of imidazole rings is 1. The molecule has 1 saturated carbocycles. The Balaban J connectivity index is 1.77. The lowest BCUT2D eigenvalue weighted by Gasteiger charge is -2.14. The minimum absolute atomic E-state index is 0.0373. The first kappa shape index (κ1) is 10.2. The highest BCUT2D eigenvalue weighted by atomic mass is 16.2. The molecule has 0 saturated heterocycles. The molecular formula is C10H16N4O. The van der Waals surface area contributed by atoms with E-state index in [0.717, 1.165) is 13.0 Å². The standard InChI is InChI=1S/C10H16N4O/c1-7(5-14-3-2-12-6-14)13-10(15)8-4-9(8)11/h2-3,6-9H,4-5,11H2,1H3,(H,13,15). The molecule has 5 nitrogen and oxygen atoms in total. The van der Waals surface area contributed by atoms with Gasteiger partial charge >= 0.3 is 0 Å². The summed E-state index contributed by atoms with van der Waals surface area (Å²) in [4.78, 5) is 15.5. The van der Waals surface area contributed by atoms with Crippen molar-refractivity contribution in [3.63, 3.8) is 0 Å². The third-order valence-electron chi connectivity index (χ3n) is 2.61. The Hall–Kier alpha value is -1.36. The third kappa shape index (κ3) is 2.56. The van der Waals surface area contributed by atoms with Crippen LogP contribution in [0.5, 0.6) is 0 Å². The van der Waals surface area contributed by atoms with E-state index in [1.165, 1.54) is 0 Å². The summed E-state index contributed by atoms with van der Waals surface area (Å²) < 4.78 is 1.94. The van der Waals surface area contributed by atoms with E-state index in [4.69, 9.17) is 5.73 Å². The summed E-state index contributed by atoms with van der Waals surface area (Å²) in [6.45, 7) is 2.72. The number of hydrogen-bond acceptors (Lipinski definition) is 3. The highest BCUT2D eigenvalue weighted by molar-refractivity contribution is 5.82. The van der Waals surface area contributed by atoms with Crippen molar-refractivity contribution < 1.29 is 4.79 Å². The maximum absolute atomic E-state index is 11.5. The molecule has 1 aliphatic carbocycles. The SMILES string of the molecule is CC(Cn1ccnc1)NC(=O)C1CC1N. The summed E-state index contributed by atoms with van der Waals surface area (Å²) in [5.74, 6) is 0.116. The van der Waals surface area contributed by atoms with Crippen molar-refractivity contribution in [2.45, 2.75) is 32.0 Å². The summed E-state index contributed by atoms with van der Waals surface area (Å²) in [5.41, 5.74) is 5.60. The van der Waals surface area contributed by atoms with Crippen molar-refractivity contribution in [2.24, 2.45) is 11.7 Å². The van der Waals surface area contributed by atoms with Gasteiger partial charge in [0.05, 0.1) is 12.2 Å². The second-order valence-electron chi connectivity index (χ2n) is 4.18. The number of aromatic nitrogens is 2.